The fraction of sp³-hybridized carbons (Fsp3) is 0.400. The van der Waals surface area contributed by atoms with E-state index in [0.717, 1.165) is 43.5 Å². The van der Waals surface area contributed by atoms with Gasteiger partial charge in [0.2, 0.25) is 0 Å². The molecule has 0 spiro atoms. The normalized spacial score (nSPS) is 15.6. The summed E-state index contributed by atoms with van der Waals surface area (Å²) in [5.41, 5.74) is -0.325. The molecule has 0 unspecified atom stereocenters. The van der Waals surface area contributed by atoms with Gasteiger partial charge in [0, 0.05) is 26.1 Å². The number of nitrogens with zero attached hydrogens (tertiary/aromatic N) is 3. The second-order valence-electron chi connectivity index (χ2n) is 5.45. The third kappa shape index (κ3) is 3.21. The molecule has 0 radical (unpaired) electrons. The largest absolute Gasteiger partial charge is 0.342 e. The number of hydrogen-bond acceptors (Lipinski definition) is 4. The number of hydrogen-bond donors (Lipinski definition) is 2. The molecule has 0 saturated heterocycles. The standard InChI is InChI=1S/C15H17F2N5O/c1-9(14-21-20-13-4-5-18-6-7-22(13)14)19-15(23)11-8-10(16)2-3-12(11)17/h2-3,8-9,18H,4-7H2,1H3,(H,19,23)/t9-/m1/s1. The first-order valence-corrected chi connectivity index (χ1v) is 7.45. The highest BCUT2D eigenvalue weighted by molar-refractivity contribution is 5.94. The summed E-state index contributed by atoms with van der Waals surface area (Å²) in [5.74, 6) is -0.650. The molecule has 0 bridgehead atoms. The van der Waals surface area contributed by atoms with Crippen LogP contribution in [0.4, 0.5) is 8.78 Å². The second-order valence-corrected chi connectivity index (χ2v) is 5.45. The van der Waals surface area contributed by atoms with E-state index in [1.165, 1.54) is 0 Å². The van der Waals surface area contributed by atoms with Crippen molar-refractivity contribution >= 4 is 5.91 Å². The lowest BCUT2D eigenvalue weighted by atomic mass is 10.1. The van der Waals surface area contributed by atoms with Crippen LogP contribution in [0.3, 0.4) is 0 Å². The zero-order valence-corrected chi connectivity index (χ0v) is 12.6. The summed E-state index contributed by atoms with van der Waals surface area (Å²) in [4.78, 5) is 12.2. The Bertz CT molecular complexity index is 731. The lowest BCUT2D eigenvalue weighted by Gasteiger charge is -2.15. The summed E-state index contributed by atoms with van der Waals surface area (Å²) >= 11 is 0. The molecule has 0 fully saturated rings. The van der Waals surface area contributed by atoms with Gasteiger partial charge in [-0.15, -0.1) is 10.2 Å². The van der Waals surface area contributed by atoms with E-state index >= 15 is 0 Å². The summed E-state index contributed by atoms with van der Waals surface area (Å²) < 4.78 is 28.8. The maximum atomic E-state index is 13.7. The Morgan fingerprint density at radius 1 is 1.35 bits per heavy atom. The Balaban J connectivity index is 1.79. The third-order valence-corrected chi connectivity index (χ3v) is 3.80. The quantitative estimate of drug-likeness (QED) is 0.891. The molecule has 122 valence electrons. The predicted molar refractivity (Wildman–Crippen MR) is 78.8 cm³/mol. The molecule has 1 aliphatic heterocycles. The minimum atomic E-state index is -0.764. The number of amides is 1. The molecule has 1 amide bonds. The average molecular weight is 321 g/mol. The van der Waals surface area contributed by atoms with Crippen LogP contribution in [0.25, 0.3) is 0 Å². The molecule has 1 aromatic carbocycles. The highest BCUT2D eigenvalue weighted by atomic mass is 19.1. The summed E-state index contributed by atoms with van der Waals surface area (Å²) in [7, 11) is 0. The smallest absolute Gasteiger partial charge is 0.254 e. The van der Waals surface area contributed by atoms with E-state index in [4.69, 9.17) is 0 Å². The topological polar surface area (TPSA) is 71.8 Å². The van der Waals surface area contributed by atoms with Crippen LogP contribution in [0.5, 0.6) is 0 Å². The Morgan fingerprint density at radius 2 is 2.17 bits per heavy atom. The van der Waals surface area contributed by atoms with Crippen LogP contribution in [0.2, 0.25) is 0 Å². The zero-order chi connectivity index (χ0) is 16.4. The van der Waals surface area contributed by atoms with Crippen LogP contribution in [0.15, 0.2) is 18.2 Å². The Morgan fingerprint density at radius 3 is 3.00 bits per heavy atom. The van der Waals surface area contributed by atoms with E-state index in [9.17, 15) is 13.6 Å². The molecule has 8 heteroatoms. The van der Waals surface area contributed by atoms with E-state index < -0.39 is 23.6 Å². The van der Waals surface area contributed by atoms with E-state index in [1.807, 2.05) is 4.57 Å². The van der Waals surface area contributed by atoms with Crippen molar-refractivity contribution in [1.82, 2.24) is 25.4 Å². The summed E-state index contributed by atoms with van der Waals surface area (Å²) in [6, 6.07) is 2.32. The van der Waals surface area contributed by atoms with E-state index in [1.54, 1.807) is 6.92 Å². The van der Waals surface area contributed by atoms with Gasteiger partial charge in [0.25, 0.3) is 5.91 Å². The van der Waals surface area contributed by atoms with Gasteiger partial charge in [-0.05, 0) is 25.1 Å². The van der Waals surface area contributed by atoms with Crippen molar-refractivity contribution in [3.05, 3.63) is 47.0 Å². The van der Waals surface area contributed by atoms with Crippen LogP contribution < -0.4 is 10.6 Å². The first-order chi connectivity index (χ1) is 11.1. The fourth-order valence-electron chi connectivity index (χ4n) is 2.62. The van der Waals surface area contributed by atoms with E-state index in [0.29, 0.717) is 12.4 Å². The minimum Gasteiger partial charge on any atom is -0.342 e. The highest BCUT2D eigenvalue weighted by Crippen LogP contribution is 2.16. The SMILES string of the molecule is C[C@@H](NC(=O)c1cc(F)ccc1F)c1nnc2n1CCNCC2. The summed E-state index contributed by atoms with van der Waals surface area (Å²) in [6.45, 7) is 4.06. The predicted octanol–water partition coefficient (Wildman–Crippen LogP) is 1.19. The van der Waals surface area contributed by atoms with Crippen molar-refractivity contribution in [2.24, 2.45) is 0 Å². The Kier molecular flexibility index (Phi) is 4.33. The summed E-state index contributed by atoms with van der Waals surface area (Å²) in [6.07, 6.45) is 0.756. The van der Waals surface area contributed by atoms with Gasteiger partial charge in [0.1, 0.15) is 17.5 Å². The number of carbonyl (C=O) groups is 1. The van der Waals surface area contributed by atoms with Crippen LogP contribution in [0.1, 0.15) is 35.0 Å². The molecule has 0 aliphatic carbocycles. The molecule has 2 heterocycles. The van der Waals surface area contributed by atoms with Gasteiger partial charge in [-0.1, -0.05) is 0 Å². The number of fused-ring (bicyclic) bond motifs is 1. The maximum Gasteiger partial charge on any atom is 0.254 e. The van der Waals surface area contributed by atoms with Gasteiger partial charge >= 0.3 is 0 Å². The number of rotatable bonds is 3. The van der Waals surface area contributed by atoms with Crippen molar-refractivity contribution in [1.29, 1.82) is 0 Å². The van der Waals surface area contributed by atoms with Crippen molar-refractivity contribution in [2.45, 2.75) is 25.9 Å². The molecule has 6 nitrogen and oxygen atoms in total. The Hall–Kier alpha value is -2.35. The Labute approximate surface area is 131 Å². The number of benzene rings is 1. The monoisotopic (exact) mass is 321 g/mol. The van der Waals surface area contributed by atoms with Gasteiger partial charge in [0.05, 0.1) is 11.6 Å². The van der Waals surface area contributed by atoms with Crippen molar-refractivity contribution in [2.75, 3.05) is 13.1 Å². The number of aromatic nitrogens is 3. The molecule has 3 rings (SSSR count). The number of nitrogens with one attached hydrogen (secondary N) is 2. The number of carbonyl (C=O) groups excluding carboxylic acids is 1. The van der Waals surface area contributed by atoms with Crippen LogP contribution in [-0.2, 0) is 13.0 Å². The lowest BCUT2D eigenvalue weighted by molar-refractivity contribution is 0.0933. The molecule has 1 aromatic heterocycles. The average Bonchev–Trinajstić information content (AvgIpc) is 2.78. The molecule has 0 saturated carbocycles. The van der Waals surface area contributed by atoms with Crippen LogP contribution in [-0.4, -0.2) is 33.8 Å². The van der Waals surface area contributed by atoms with Crippen molar-refractivity contribution in [3.8, 4) is 0 Å². The number of halogens is 2. The maximum absolute atomic E-state index is 13.7. The molecular formula is C15H17F2N5O. The minimum absolute atomic E-state index is 0.325. The zero-order valence-electron chi connectivity index (χ0n) is 12.6. The van der Waals surface area contributed by atoms with Gasteiger partial charge in [-0.2, -0.15) is 0 Å². The van der Waals surface area contributed by atoms with Gasteiger partial charge < -0.3 is 15.2 Å². The van der Waals surface area contributed by atoms with Crippen LogP contribution >= 0.6 is 0 Å². The van der Waals surface area contributed by atoms with E-state index in [2.05, 4.69) is 20.8 Å². The molecule has 2 aromatic rings. The van der Waals surface area contributed by atoms with E-state index in [-0.39, 0.29) is 5.56 Å². The van der Waals surface area contributed by atoms with Crippen molar-refractivity contribution < 1.29 is 13.6 Å². The fourth-order valence-corrected chi connectivity index (χ4v) is 2.62. The molecule has 2 N–H and O–H groups in total. The first kappa shape index (κ1) is 15.5. The second kappa shape index (κ2) is 6.41. The molecular weight excluding hydrogens is 304 g/mol. The molecule has 1 atom stereocenters. The third-order valence-electron chi connectivity index (χ3n) is 3.80. The van der Waals surface area contributed by atoms with Gasteiger partial charge in [-0.25, -0.2) is 8.78 Å². The molecule has 23 heavy (non-hydrogen) atoms. The van der Waals surface area contributed by atoms with Crippen molar-refractivity contribution in [3.63, 3.8) is 0 Å². The van der Waals surface area contributed by atoms with Gasteiger partial charge in [-0.3, -0.25) is 4.79 Å². The summed E-state index contributed by atoms with van der Waals surface area (Å²) in [5, 5.41) is 14.2. The highest BCUT2D eigenvalue weighted by Gasteiger charge is 2.22. The van der Waals surface area contributed by atoms with Gasteiger partial charge in [0.15, 0.2) is 5.82 Å². The van der Waals surface area contributed by atoms with Crippen LogP contribution in [0, 0.1) is 11.6 Å². The lowest BCUT2D eigenvalue weighted by Crippen LogP contribution is -2.30. The molecule has 1 aliphatic rings. The first-order valence-electron chi connectivity index (χ1n) is 7.45.